The summed E-state index contributed by atoms with van der Waals surface area (Å²) in [6, 6.07) is 8.56. The lowest BCUT2D eigenvalue weighted by Gasteiger charge is -2.32. The minimum absolute atomic E-state index is 0.231. The molecule has 1 aliphatic heterocycles. The minimum atomic E-state index is 0.231. The first-order chi connectivity index (χ1) is 11.7. The van der Waals surface area contributed by atoms with E-state index in [1.165, 1.54) is 16.1 Å². The molecule has 2 heterocycles. The van der Waals surface area contributed by atoms with Crippen molar-refractivity contribution in [1.29, 1.82) is 0 Å². The molecule has 1 aromatic carbocycles. The molecule has 2 fully saturated rings. The molecular weight excluding hydrogens is 318 g/mol. The standard InChI is InChI=1S/C19H25N3OS/c20-15-5-3-4-14(15)12-18(23)22-10-8-13(9-11-22)19-21-16-6-1-2-7-17(16)24-19/h1-2,6-7,13-15H,3-5,8-12,20H2/t14-,15+/m0/s1. The molecule has 0 unspecified atom stereocenters. The summed E-state index contributed by atoms with van der Waals surface area (Å²) in [5, 5.41) is 1.24. The number of aromatic nitrogens is 1. The van der Waals surface area contributed by atoms with Crippen LogP contribution < -0.4 is 5.73 Å². The molecule has 0 spiro atoms. The predicted octanol–water partition coefficient (Wildman–Crippen LogP) is 3.52. The molecule has 24 heavy (non-hydrogen) atoms. The van der Waals surface area contributed by atoms with Crippen LogP contribution in [0.5, 0.6) is 0 Å². The maximum atomic E-state index is 12.5. The fourth-order valence-electron chi connectivity index (χ4n) is 4.11. The summed E-state index contributed by atoms with van der Waals surface area (Å²) in [4.78, 5) is 19.4. The molecule has 128 valence electrons. The molecule has 1 saturated carbocycles. The van der Waals surface area contributed by atoms with Gasteiger partial charge >= 0.3 is 0 Å². The van der Waals surface area contributed by atoms with Crippen molar-refractivity contribution in [2.75, 3.05) is 13.1 Å². The second-order valence-electron chi connectivity index (χ2n) is 7.23. The summed E-state index contributed by atoms with van der Waals surface area (Å²) in [5.41, 5.74) is 7.22. The highest BCUT2D eigenvalue weighted by molar-refractivity contribution is 7.18. The largest absolute Gasteiger partial charge is 0.343 e. The molecular formula is C19H25N3OS. The number of carbonyl (C=O) groups excluding carboxylic acids is 1. The van der Waals surface area contributed by atoms with Crippen LogP contribution in [-0.2, 0) is 4.79 Å². The third-order valence-corrected chi connectivity index (χ3v) is 6.86. The van der Waals surface area contributed by atoms with E-state index >= 15 is 0 Å². The lowest BCUT2D eigenvalue weighted by atomic mass is 9.95. The van der Waals surface area contributed by atoms with E-state index in [9.17, 15) is 4.79 Å². The van der Waals surface area contributed by atoms with Crippen LogP contribution in [0, 0.1) is 5.92 Å². The summed E-state index contributed by atoms with van der Waals surface area (Å²) < 4.78 is 1.27. The zero-order valence-electron chi connectivity index (χ0n) is 14.0. The molecule has 4 nitrogen and oxygen atoms in total. The van der Waals surface area contributed by atoms with Crippen molar-refractivity contribution in [2.45, 2.75) is 50.5 Å². The van der Waals surface area contributed by atoms with Gasteiger partial charge in [-0.15, -0.1) is 11.3 Å². The number of fused-ring (bicyclic) bond motifs is 1. The van der Waals surface area contributed by atoms with Gasteiger partial charge in [0, 0.05) is 31.5 Å². The molecule has 0 bridgehead atoms. The Hall–Kier alpha value is -1.46. The highest BCUT2D eigenvalue weighted by Crippen LogP contribution is 2.34. The summed E-state index contributed by atoms with van der Waals surface area (Å²) >= 11 is 1.81. The van der Waals surface area contributed by atoms with Crippen molar-refractivity contribution >= 4 is 27.5 Å². The zero-order valence-corrected chi connectivity index (χ0v) is 14.8. The Morgan fingerprint density at radius 1 is 1.21 bits per heavy atom. The molecule has 5 heteroatoms. The Morgan fingerprint density at radius 3 is 2.71 bits per heavy atom. The van der Waals surface area contributed by atoms with Crippen LogP contribution in [0.3, 0.4) is 0 Å². The van der Waals surface area contributed by atoms with E-state index in [4.69, 9.17) is 10.7 Å². The average Bonchev–Trinajstić information content (AvgIpc) is 3.21. The number of benzene rings is 1. The molecule has 2 aromatic rings. The first-order valence-electron chi connectivity index (χ1n) is 9.09. The van der Waals surface area contributed by atoms with E-state index in [-0.39, 0.29) is 6.04 Å². The van der Waals surface area contributed by atoms with Crippen molar-refractivity contribution in [3.63, 3.8) is 0 Å². The van der Waals surface area contributed by atoms with Gasteiger partial charge in [0.1, 0.15) is 0 Å². The normalized spacial score (nSPS) is 25.5. The van der Waals surface area contributed by atoms with Crippen molar-refractivity contribution in [3.05, 3.63) is 29.3 Å². The van der Waals surface area contributed by atoms with Gasteiger partial charge in [0.15, 0.2) is 0 Å². The Balaban J connectivity index is 1.35. The van der Waals surface area contributed by atoms with Gasteiger partial charge in [-0.1, -0.05) is 18.6 Å². The summed E-state index contributed by atoms with van der Waals surface area (Å²) in [6.07, 6.45) is 6.09. The molecule has 2 atom stereocenters. The van der Waals surface area contributed by atoms with Crippen molar-refractivity contribution < 1.29 is 4.79 Å². The number of likely N-dealkylation sites (tertiary alicyclic amines) is 1. The topological polar surface area (TPSA) is 59.2 Å². The first kappa shape index (κ1) is 16.0. The van der Waals surface area contributed by atoms with Gasteiger partial charge in [0.2, 0.25) is 5.91 Å². The highest BCUT2D eigenvalue weighted by atomic mass is 32.1. The minimum Gasteiger partial charge on any atom is -0.343 e. The van der Waals surface area contributed by atoms with Gasteiger partial charge in [0.05, 0.1) is 15.2 Å². The van der Waals surface area contributed by atoms with Crippen molar-refractivity contribution in [2.24, 2.45) is 11.7 Å². The first-order valence-corrected chi connectivity index (χ1v) is 9.91. The second kappa shape index (κ2) is 6.81. The molecule has 1 amide bonds. The third-order valence-electron chi connectivity index (χ3n) is 5.66. The number of para-hydroxylation sites is 1. The van der Waals surface area contributed by atoms with Gasteiger partial charge < -0.3 is 10.6 Å². The van der Waals surface area contributed by atoms with Crippen molar-refractivity contribution in [3.8, 4) is 0 Å². The van der Waals surface area contributed by atoms with Gasteiger partial charge in [-0.3, -0.25) is 4.79 Å². The maximum Gasteiger partial charge on any atom is 0.222 e. The van der Waals surface area contributed by atoms with E-state index in [1.54, 1.807) is 0 Å². The van der Waals surface area contributed by atoms with Crippen LogP contribution >= 0.6 is 11.3 Å². The monoisotopic (exact) mass is 343 g/mol. The van der Waals surface area contributed by atoms with E-state index < -0.39 is 0 Å². The fourth-order valence-corrected chi connectivity index (χ4v) is 5.25. The van der Waals surface area contributed by atoms with Crippen LogP contribution in [0.25, 0.3) is 10.2 Å². The smallest absolute Gasteiger partial charge is 0.222 e. The molecule has 1 aliphatic carbocycles. The number of nitrogens with two attached hydrogens (primary N) is 1. The quantitative estimate of drug-likeness (QED) is 0.927. The predicted molar refractivity (Wildman–Crippen MR) is 98.1 cm³/mol. The lowest BCUT2D eigenvalue weighted by molar-refractivity contribution is -0.133. The molecule has 2 aliphatic rings. The number of carbonyl (C=O) groups is 1. The fraction of sp³-hybridized carbons (Fsp3) is 0.579. The van der Waals surface area contributed by atoms with Crippen LogP contribution in [-0.4, -0.2) is 34.9 Å². The Labute approximate surface area is 147 Å². The lowest BCUT2D eigenvalue weighted by Crippen LogP contribution is -2.40. The number of hydrogen-bond donors (Lipinski definition) is 1. The number of rotatable bonds is 3. The third kappa shape index (κ3) is 3.20. The molecule has 1 saturated heterocycles. The Kier molecular flexibility index (Phi) is 4.55. The van der Waals surface area contributed by atoms with Crippen LogP contribution in [0.4, 0.5) is 0 Å². The van der Waals surface area contributed by atoms with E-state index in [2.05, 4.69) is 23.1 Å². The second-order valence-corrected chi connectivity index (χ2v) is 8.30. The van der Waals surface area contributed by atoms with Crippen LogP contribution in [0.15, 0.2) is 24.3 Å². The van der Waals surface area contributed by atoms with Gasteiger partial charge in [-0.2, -0.15) is 0 Å². The van der Waals surface area contributed by atoms with Crippen molar-refractivity contribution in [1.82, 2.24) is 9.88 Å². The molecule has 1 aromatic heterocycles. The average molecular weight is 343 g/mol. The van der Waals surface area contributed by atoms with Gasteiger partial charge in [0.25, 0.3) is 0 Å². The zero-order chi connectivity index (χ0) is 16.5. The highest BCUT2D eigenvalue weighted by Gasteiger charge is 2.30. The van der Waals surface area contributed by atoms with Crippen LogP contribution in [0.1, 0.15) is 49.5 Å². The Morgan fingerprint density at radius 2 is 2.00 bits per heavy atom. The molecule has 0 radical (unpaired) electrons. The summed E-state index contributed by atoms with van der Waals surface area (Å²) in [6.45, 7) is 1.72. The van der Waals surface area contributed by atoms with E-state index in [1.807, 2.05) is 17.4 Å². The maximum absolute atomic E-state index is 12.5. The number of piperidine rings is 1. The van der Waals surface area contributed by atoms with E-state index in [0.717, 1.165) is 44.3 Å². The van der Waals surface area contributed by atoms with Gasteiger partial charge in [-0.05, 0) is 43.7 Å². The number of thiazole rings is 1. The number of nitrogens with zero attached hydrogens (tertiary/aromatic N) is 2. The van der Waals surface area contributed by atoms with E-state index in [0.29, 0.717) is 24.2 Å². The van der Waals surface area contributed by atoms with Crippen LogP contribution in [0.2, 0.25) is 0 Å². The summed E-state index contributed by atoms with van der Waals surface area (Å²) in [5.74, 6) is 1.21. The SMILES string of the molecule is N[C@@H]1CCC[C@H]1CC(=O)N1CCC(c2nc3ccccc3s2)CC1. The molecule has 4 rings (SSSR count). The Bertz CT molecular complexity index is 687. The summed E-state index contributed by atoms with van der Waals surface area (Å²) in [7, 11) is 0. The molecule has 2 N–H and O–H groups in total. The number of amides is 1. The number of hydrogen-bond acceptors (Lipinski definition) is 4. The van der Waals surface area contributed by atoms with Gasteiger partial charge in [-0.25, -0.2) is 4.98 Å².